The van der Waals surface area contributed by atoms with Gasteiger partial charge in [-0.15, -0.1) is 24.0 Å². The lowest BCUT2D eigenvalue weighted by Gasteiger charge is -2.16. The van der Waals surface area contributed by atoms with E-state index in [-0.39, 0.29) is 24.0 Å². The van der Waals surface area contributed by atoms with Crippen LogP contribution in [0.5, 0.6) is 5.75 Å². The van der Waals surface area contributed by atoms with Crippen LogP contribution in [0.2, 0.25) is 0 Å². The molecule has 0 atom stereocenters. The number of guanidine groups is 1. The van der Waals surface area contributed by atoms with Gasteiger partial charge in [0.05, 0.1) is 0 Å². The number of aliphatic imine (C=N–C) groups is 1. The molecule has 0 aliphatic rings. The van der Waals surface area contributed by atoms with Crippen molar-refractivity contribution in [3.63, 3.8) is 0 Å². The van der Waals surface area contributed by atoms with Gasteiger partial charge in [0, 0.05) is 32.2 Å². The number of benzene rings is 2. The summed E-state index contributed by atoms with van der Waals surface area (Å²) < 4.78 is 5.92. The van der Waals surface area contributed by atoms with Crippen molar-refractivity contribution in [2.45, 2.75) is 19.4 Å². The van der Waals surface area contributed by atoms with Gasteiger partial charge in [-0.1, -0.05) is 48.5 Å². The number of nitrogens with one attached hydrogen (secondary N) is 2. The van der Waals surface area contributed by atoms with Crippen molar-refractivity contribution in [2.24, 2.45) is 4.99 Å². The van der Waals surface area contributed by atoms with E-state index in [4.69, 9.17) is 4.74 Å². The fourth-order valence-electron chi connectivity index (χ4n) is 2.67. The van der Waals surface area contributed by atoms with Crippen LogP contribution < -0.4 is 15.4 Å². The fourth-order valence-corrected chi connectivity index (χ4v) is 2.67. The first-order valence-electron chi connectivity index (χ1n) is 9.53. The summed E-state index contributed by atoms with van der Waals surface area (Å²) in [5.41, 5.74) is 2.49. The van der Waals surface area contributed by atoms with E-state index in [9.17, 15) is 0 Å². The summed E-state index contributed by atoms with van der Waals surface area (Å²) in [7, 11) is 5.89. The van der Waals surface area contributed by atoms with Crippen molar-refractivity contribution >= 4 is 29.9 Å². The van der Waals surface area contributed by atoms with Crippen LogP contribution in [0.4, 0.5) is 0 Å². The molecule has 0 fully saturated rings. The highest BCUT2D eigenvalue weighted by Crippen LogP contribution is 2.17. The van der Waals surface area contributed by atoms with Crippen LogP contribution in [0.25, 0.3) is 0 Å². The second-order valence-electron chi connectivity index (χ2n) is 6.70. The highest BCUT2D eigenvalue weighted by molar-refractivity contribution is 14.0. The lowest BCUT2D eigenvalue weighted by atomic mass is 10.1. The number of halogens is 1. The Bertz CT molecular complexity index is 692. The molecule has 0 spiro atoms. The molecule has 0 aliphatic carbocycles. The van der Waals surface area contributed by atoms with Gasteiger partial charge >= 0.3 is 0 Å². The molecular weight excluding hydrogens is 463 g/mol. The van der Waals surface area contributed by atoms with E-state index in [1.165, 1.54) is 5.56 Å². The van der Waals surface area contributed by atoms with E-state index in [0.29, 0.717) is 13.2 Å². The van der Waals surface area contributed by atoms with Crippen molar-refractivity contribution in [1.29, 1.82) is 0 Å². The maximum Gasteiger partial charge on any atom is 0.191 e. The van der Waals surface area contributed by atoms with E-state index in [1.807, 2.05) is 32.3 Å². The first-order chi connectivity index (χ1) is 13.2. The normalized spacial score (nSPS) is 11.1. The molecule has 0 unspecified atom stereocenters. The molecule has 0 bridgehead atoms. The van der Waals surface area contributed by atoms with Crippen LogP contribution in [-0.4, -0.2) is 51.7 Å². The van der Waals surface area contributed by atoms with Gasteiger partial charge in [0.1, 0.15) is 12.4 Å². The van der Waals surface area contributed by atoms with E-state index in [0.717, 1.165) is 43.2 Å². The number of nitrogens with zero attached hydrogens (tertiary/aromatic N) is 2. The largest absolute Gasteiger partial charge is 0.492 e. The Hall–Kier alpha value is -1.80. The number of rotatable bonds is 10. The second kappa shape index (κ2) is 14.2. The minimum atomic E-state index is 0. The summed E-state index contributed by atoms with van der Waals surface area (Å²) in [4.78, 5) is 6.42. The zero-order chi connectivity index (χ0) is 19.3. The Morgan fingerprint density at radius 2 is 1.71 bits per heavy atom. The van der Waals surface area contributed by atoms with Crippen molar-refractivity contribution in [2.75, 3.05) is 40.8 Å². The van der Waals surface area contributed by atoms with Crippen LogP contribution in [-0.2, 0) is 13.0 Å². The third-order valence-corrected chi connectivity index (χ3v) is 4.22. The number of likely N-dealkylation sites (N-methyl/N-ethyl adjacent to an activating group) is 1. The molecule has 0 amide bonds. The Morgan fingerprint density at radius 1 is 1.00 bits per heavy atom. The molecule has 0 saturated heterocycles. The van der Waals surface area contributed by atoms with Gasteiger partial charge in [-0.05, 0) is 38.6 Å². The molecule has 2 rings (SSSR count). The summed E-state index contributed by atoms with van der Waals surface area (Å²) >= 11 is 0. The maximum atomic E-state index is 5.92. The predicted octanol–water partition coefficient (Wildman–Crippen LogP) is 3.54. The highest BCUT2D eigenvalue weighted by atomic mass is 127. The van der Waals surface area contributed by atoms with Gasteiger partial charge in [-0.2, -0.15) is 0 Å². The fraction of sp³-hybridized carbons (Fsp3) is 0.409. The van der Waals surface area contributed by atoms with Gasteiger partial charge in [-0.25, -0.2) is 0 Å². The van der Waals surface area contributed by atoms with Crippen molar-refractivity contribution < 1.29 is 4.74 Å². The average Bonchev–Trinajstić information content (AvgIpc) is 2.69. The molecule has 154 valence electrons. The van der Waals surface area contributed by atoms with Crippen molar-refractivity contribution in [1.82, 2.24) is 15.5 Å². The Kier molecular flexibility index (Phi) is 12.3. The van der Waals surface area contributed by atoms with Gasteiger partial charge in [0.25, 0.3) is 0 Å². The smallest absolute Gasteiger partial charge is 0.191 e. The lowest BCUT2D eigenvalue weighted by molar-refractivity contribution is 0.259. The minimum Gasteiger partial charge on any atom is -0.492 e. The van der Waals surface area contributed by atoms with Crippen LogP contribution in [0.3, 0.4) is 0 Å². The summed E-state index contributed by atoms with van der Waals surface area (Å²) in [5, 5.41) is 6.75. The first-order valence-corrected chi connectivity index (χ1v) is 9.53. The molecular formula is C22H33IN4O. The molecule has 0 aromatic heterocycles. The van der Waals surface area contributed by atoms with E-state index < -0.39 is 0 Å². The average molecular weight is 496 g/mol. The molecule has 0 saturated carbocycles. The Balaban J connectivity index is 0.00000392. The molecule has 5 nitrogen and oxygen atoms in total. The molecule has 0 aliphatic heterocycles. The van der Waals surface area contributed by atoms with Crippen LogP contribution in [0.15, 0.2) is 59.6 Å². The standard InChI is InChI=1S/C22H32N4O.HI/c1-23-22(24-15-9-12-19-10-5-4-6-11-19)25-18-20-13-7-8-14-21(20)27-17-16-26(2)3;/h4-8,10-11,13-14H,9,12,15-18H2,1-3H3,(H2,23,24,25);1H. The molecule has 2 aromatic rings. The molecule has 0 radical (unpaired) electrons. The van der Waals surface area contributed by atoms with Crippen LogP contribution in [0.1, 0.15) is 17.5 Å². The number of ether oxygens (including phenoxy) is 1. The number of aryl methyl sites for hydroxylation is 1. The lowest BCUT2D eigenvalue weighted by Crippen LogP contribution is -2.37. The zero-order valence-corrected chi connectivity index (χ0v) is 19.5. The summed E-state index contributed by atoms with van der Waals surface area (Å²) in [6, 6.07) is 18.7. The SMILES string of the molecule is CN=C(NCCCc1ccccc1)NCc1ccccc1OCCN(C)C.I. The van der Waals surface area contributed by atoms with Crippen molar-refractivity contribution in [3.05, 3.63) is 65.7 Å². The Morgan fingerprint density at radius 3 is 2.43 bits per heavy atom. The van der Waals surface area contributed by atoms with Crippen molar-refractivity contribution in [3.8, 4) is 5.75 Å². The van der Waals surface area contributed by atoms with Gasteiger partial charge < -0.3 is 20.3 Å². The van der Waals surface area contributed by atoms with E-state index in [2.05, 4.69) is 56.9 Å². The first kappa shape index (κ1) is 24.2. The highest BCUT2D eigenvalue weighted by Gasteiger charge is 2.05. The molecule has 0 heterocycles. The summed E-state index contributed by atoms with van der Waals surface area (Å²) in [5.74, 6) is 1.73. The third-order valence-electron chi connectivity index (χ3n) is 4.22. The monoisotopic (exact) mass is 496 g/mol. The van der Waals surface area contributed by atoms with Crippen LogP contribution in [0, 0.1) is 0 Å². The second-order valence-corrected chi connectivity index (χ2v) is 6.70. The van der Waals surface area contributed by atoms with Crippen LogP contribution >= 0.6 is 24.0 Å². The molecule has 6 heteroatoms. The number of para-hydroxylation sites is 1. The number of hydrogen-bond donors (Lipinski definition) is 2. The topological polar surface area (TPSA) is 48.9 Å². The minimum absolute atomic E-state index is 0. The predicted molar refractivity (Wildman–Crippen MR) is 129 cm³/mol. The quantitative estimate of drug-likeness (QED) is 0.229. The van der Waals surface area contributed by atoms with Gasteiger partial charge in [0.2, 0.25) is 0 Å². The van der Waals surface area contributed by atoms with Gasteiger partial charge in [-0.3, -0.25) is 4.99 Å². The summed E-state index contributed by atoms with van der Waals surface area (Å²) in [6.07, 6.45) is 2.13. The van der Waals surface area contributed by atoms with E-state index in [1.54, 1.807) is 7.05 Å². The third kappa shape index (κ3) is 9.41. The molecule has 2 aromatic carbocycles. The van der Waals surface area contributed by atoms with Gasteiger partial charge in [0.15, 0.2) is 5.96 Å². The van der Waals surface area contributed by atoms with E-state index >= 15 is 0 Å². The molecule has 2 N–H and O–H groups in total. The zero-order valence-electron chi connectivity index (χ0n) is 17.1. The maximum absolute atomic E-state index is 5.92. The number of hydrogen-bond acceptors (Lipinski definition) is 3. The Labute approximate surface area is 186 Å². The molecule has 28 heavy (non-hydrogen) atoms. The summed E-state index contributed by atoms with van der Waals surface area (Å²) in [6.45, 7) is 3.13.